The Morgan fingerprint density at radius 2 is 1.97 bits per heavy atom. The Hall–Kier alpha value is -3.06. The van der Waals surface area contributed by atoms with E-state index in [0.717, 1.165) is 25.9 Å². The lowest BCUT2D eigenvalue weighted by atomic mass is 10.2. The van der Waals surface area contributed by atoms with Gasteiger partial charge in [0.05, 0.1) is 12.0 Å². The summed E-state index contributed by atoms with van der Waals surface area (Å²) >= 11 is 6.11. The van der Waals surface area contributed by atoms with E-state index in [4.69, 9.17) is 16.0 Å². The van der Waals surface area contributed by atoms with Gasteiger partial charge in [0.2, 0.25) is 5.91 Å². The maximum absolute atomic E-state index is 12.6. The zero-order valence-electron chi connectivity index (χ0n) is 15.8. The normalized spacial score (nSPS) is 13.6. The van der Waals surface area contributed by atoms with Crippen LogP contribution < -0.4 is 5.32 Å². The molecule has 29 heavy (non-hydrogen) atoms. The van der Waals surface area contributed by atoms with Gasteiger partial charge < -0.3 is 14.6 Å². The predicted molar refractivity (Wildman–Crippen MR) is 109 cm³/mol. The Kier molecular flexibility index (Phi) is 5.67. The summed E-state index contributed by atoms with van der Waals surface area (Å²) in [7, 11) is 0. The number of rotatable bonds is 6. The average Bonchev–Trinajstić information content (AvgIpc) is 3.49. The smallest absolute Gasteiger partial charge is 0.271 e. The summed E-state index contributed by atoms with van der Waals surface area (Å²) in [4.78, 5) is 26.6. The van der Waals surface area contributed by atoms with Crippen LogP contribution in [0.4, 0.5) is 0 Å². The number of furan rings is 1. The molecule has 0 unspecified atom stereocenters. The quantitative estimate of drug-likeness (QED) is 0.671. The second-order valence-corrected chi connectivity index (χ2v) is 7.31. The highest BCUT2D eigenvalue weighted by Crippen LogP contribution is 2.25. The van der Waals surface area contributed by atoms with E-state index < -0.39 is 0 Å². The third kappa shape index (κ3) is 4.35. The van der Waals surface area contributed by atoms with E-state index in [1.807, 2.05) is 17.0 Å². The number of carbonyl (C=O) groups excluding carboxylic acids is 2. The van der Waals surface area contributed by atoms with Crippen molar-refractivity contribution in [3.8, 4) is 17.1 Å². The molecule has 1 aliphatic heterocycles. The second kappa shape index (κ2) is 8.53. The fraction of sp³-hybridized carbons (Fsp3) is 0.286. The summed E-state index contributed by atoms with van der Waals surface area (Å²) < 4.78 is 7.12. The van der Waals surface area contributed by atoms with E-state index in [-0.39, 0.29) is 30.5 Å². The van der Waals surface area contributed by atoms with E-state index in [9.17, 15) is 9.59 Å². The van der Waals surface area contributed by atoms with Crippen LogP contribution in [-0.4, -0.2) is 46.1 Å². The van der Waals surface area contributed by atoms with Crippen molar-refractivity contribution >= 4 is 23.4 Å². The van der Waals surface area contributed by atoms with Crippen molar-refractivity contribution < 1.29 is 14.0 Å². The first-order valence-corrected chi connectivity index (χ1v) is 9.95. The summed E-state index contributed by atoms with van der Waals surface area (Å²) in [6.45, 7) is 1.89. The number of aromatic nitrogens is 2. The minimum Gasteiger partial charge on any atom is -0.463 e. The van der Waals surface area contributed by atoms with Crippen LogP contribution in [0.5, 0.6) is 0 Å². The number of hydrogen-bond donors (Lipinski definition) is 1. The molecule has 4 rings (SSSR count). The van der Waals surface area contributed by atoms with E-state index in [1.165, 1.54) is 0 Å². The van der Waals surface area contributed by atoms with Gasteiger partial charge in [0.25, 0.3) is 5.91 Å². The molecule has 0 radical (unpaired) electrons. The third-order valence-electron chi connectivity index (χ3n) is 4.85. The molecule has 1 N–H and O–H groups in total. The highest BCUT2D eigenvalue weighted by atomic mass is 35.5. The molecule has 3 heterocycles. The molecule has 3 aromatic rings. The lowest BCUT2D eigenvalue weighted by molar-refractivity contribution is -0.129. The third-order valence-corrected chi connectivity index (χ3v) is 5.09. The van der Waals surface area contributed by atoms with Crippen molar-refractivity contribution in [2.45, 2.75) is 19.3 Å². The van der Waals surface area contributed by atoms with Crippen molar-refractivity contribution in [3.63, 3.8) is 0 Å². The van der Waals surface area contributed by atoms with Gasteiger partial charge in [-0.05, 0) is 43.2 Å². The Balaban J connectivity index is 1.50. The molecule has 0 atom stereocenters. The maximum atomic E-state index is 12.6. The van der Waals surface area contributed by atoms with Gasteiger partial charge in [-0.2, -0.15) is 5.10 Å². The summed E-state index contributed by atoms with van der Waals surface area (Å²) in [5, 5.41) is 7.79. The lowest BCUT2D eigenvalue weighted by Gasteiger charge is -2.14. The molecule has 0 aliphatic carbocycles. The van der Waals surface area contributed by atoms with Gasteiger partial charge >= 0.3 is 0 Å². The van der Waals surface area contributed by atoms with Crippen LogP contribution in [0.1, 0.15) is 29.8 Å². The molecule has 1 aliphatic rings. The molecule has 2 aromatic heterocycles. The number of carbonyl (C=O) groups is 2. The molecule has 150 valence electrons. The number of amides is 2. The number of benzene rings is 1. The van der Waals surface area contributed by atoms with Crippen molar-refractivity contribution in [2.24, 2.45) is 0 Å². The van der Waals surface area contributed by atoms with E-state index in [1.54, 1.807) is 41.3 Å². The SMILES string of the molecule is O=C(NCCC(=O)N1CCCC1)c1cc(-c2ccco2)n(-c2cccc(Cl)c2)n1. The number of nitrogens with zero attached hydrogens (tertiary/aromatic N) is 3. The molecular weight excluding hydrogens is 392 g/mol. The topological polar surface area (TPSA) is 80.4 Å². The first-order chi connectivity index (χ1) is 14.1. The second-order valence-electron chi connectivity index (χ2n) is 6.88. The van der Waals surface area contributed by atoms with Gasteiger partial charge in [0.15, 0.2) is 11.5 Å². The number of likely N-dealkylation sites (tertiary alicyclic amines) is 1. The van der Waals surface area contributed by atoms with Crippen LogP contribution >= 0.6 is 11.6 Å². The van der Waals surface area contributed by atoms with Gasteiger partial charge in [-0.1, -0.05) is 17.7 Å². The first-order valence-electron chi connectivity index (χ1n) is 9.58. The maximum Gasteiger partial charge on any atom is 0.271 e. The molecule has 0 bridgehead atoms. The molecule has 1 saturated heterocycles. The highest BCUT2D eigenvalue weighted by molar-refractivity contribution is 6.30. The largest absolute Gasteiger partial charge is 0.463 e. The van der Waals surface area contributed by atoms with Crippen LogP contribution in [0.2, 0.25) is 5.02 Å². The van der Waals surface area contributed by atoms with Crippen LogP contribution in [0, 0.1) is 0 Å². The first kappa shape index (κ1) is 19.3. The van der Waals surface area contributed by atoms with E-state index in [0.29, 0.717) is 22.2 Å². The molecular formula is C21H21ClN4O3. The Morgan fingerprint density at radius 3 is 2.69 bits per heavy atom. The van der Waals surface area contributed by atoms with Crippen LogP contribution in [0.15, 0.2) is 53.1 Å². The van der Waals surface area contributed by atoms with Gasteiger partial charge in [-0.25, -0.2) is 4.68 Å². The monoisotopic (exact) mass is 412 g/mol. The van der Waals surface area contributed by atoms with Gasteiger partial charge in [-0.3, -0.25) is 9.59 Å². The molecule has 0 spiro atoms. The fourth-order valence-corrected chi connectivity index (χ4v) is 3.58. The van der Waals surface area contributed by atoms with Crippen LogP contribution in [0.25, 0.3) is 17.1 Å². The highest BCUT2D eigenvalue weighted by Gasteiger charge is 2.20. The van der Waals surface area contributed by atoms with E-state index in [2.05, 4.69) is 10.4 Å². The van der Waals surface area contributed by atoms with E-state index >= 15 is 0 Å². The minimum atomic E-state index is -0.340. The molecule has 2 amide bonds. The summed E-state index contributed by atoms with van der Waals surface area (Å²) in [5.41, 5.74) is 1.59. The molecule has 0 saturated carbocycles. The standard InChI is InChI=1S/C21H21ClN4O3/c22-15-5-3-6-16(13-15)26-18(19-7-4-12-29-19)14-17(24-26)21(28)23-9-8-20(27)25-10-1-2-11-25/h3-7,12-14H,1-2,8-11H2,(H,23,28). The number of nitrogens with one attached hydrogen (secondary N) is 1. The predicted octanol–water partition coefficient (Wildman–Crippen LogP) is 3.53. The zero-order chi connectivity index (χ0) is 20.2. The Labute approximate surface area is 173 Å². The van der Waals surface area contributed by atoms with Crippen molar-refractivity contribution in [1.29, 1.82) is 0 Å². The van der Waals surface area contributed by atoms with Crippen molar-refractivity contribution in [2.75, 3.05) is 19.6 Å². The minimum absolute atomic E-state index is 0.0727. The molecule has 1 aromatic carbocycles. The zero-order valence-corrected chi connectivity index (χ0v) is 16.6. The average molecular weight is 413 g/mol. The number of hydrogen-bond acceptors (Lipinski definition) is 4. The molecule has 7 nitrogen and oxygen atoms in total. The Bertz CT molecular complexity index is 1010. The van der Waals surface area contributed by atoms with Gasteiger partial charge in [0, 0.05) is 37.1 Å². The Morgan fingerprint density at radius 1 is 1.14 bits per heavy atom. The lowest BCUT2D eigenvalue weighted by Crippen LogP contribution is -2.32. The number of halogens is 1. The van der Waals surface area contributed by atoms with Gasteiger partial charge in [-0.15, -0.1) is 0 Å². The van der Waals surface area contributed by atoms with Crippen molar-refractivity contribution in [1.82, 2.24) is 20.0 Å². The fourth-order valence-electron chi connectivity index (χ4n) is 3.39. The van der Waals surface area contributed by atoms with Crippen LogP contribution in [0.3, 0.4) is 0 Å². The van der Waals surface area contributed by atoms with Crippen LogP contribution in [-0.2, 0) is 4.79 Å². The van der Waals surface area contributed by atoms with Crippen molar-refractivity contribution in [3.05, 3.63) is 59.4 Å². The molecule has 1 fully saturated rings. The van der Waals surface area contributed by atoms with Gasteiger partial charge in [0.1, 0.15) is 5.69 Å². The summed E-state index contributed by atoms with van der Waals surface area (Å²) in [5.74, 6) is 0.317. The molecule has 8 heteroatoms. The summed E-state index contributed by atoms with van der Waals surface area (Å²) in [6.07, 6.45) is 3.95. The summed E-state index contributed by atoms with van der Waals surface area (Å²) in [6, 6.07) is 12.4.